The molecule has 14 heteroatoms. The molecule has 254 valence electrons. The first-order valence-electron chi connectivity index (χ1n) is 16.2. The van der Waals surface area contributed by atoms with Crippen molar-refractivity contribution in [3.8, 4) is 22.5 Å². The van der Waals surface area contributed by atoms with Crippen LogP contribution >= 0.6 is 24.0 Å². The van der Waals surface area contributed by atoms with E-state index in [2.05, 4.69) is 42.0 Å². The van der Waals surface area contributed by atoms with Gasteiger partial charge >= 0.3 is 0 Å². The zero-order valence-corrected chi connectivity index (χ0v) is 28.5. The highest BCUT2D eigenvalue weighted by atomic mass is 35.5. The molecule has 1 aliphatic heterocycles. The number of aromatic amines is 1. The fraction of sp³-hybridized carbons (Fsp3) is 0.412. The lowest BCUT2D eigenvalue weighted by atomic mass is 9.81. The predicted octanol–water partition coefficient (Wildman–Crippen LogP) is 3.95. The lowest BCUT2D eigenvalue weighted by Crippen LogP contribution is -2.50. The van der Waals surface area contributed by atoms with Crippen LogP contribution in [0.25, 0.3) is 22.5 Å². The van der Waals surface area contributed by atoms with E-state index < -0.39 is 11.9 Å². The molecular formula is C34H42Cl2N10O2. The highest BCUT2D eigenvalue weighted by Crippen LogP contribution is 2.32. The SMILES string of the molecule is CN1CCN(c2ncc(-c3cccc(C[C@H](N)C(=O)N(c4ccc(-c5nnc(Cl)[nH]5)cc4)C(=O)[C@H]4CC[C@H](CN)CC4)c3)cn2)CC1.Cl. The van der Waals surface area contributed by atoms with E-state index in [1.807, 2.05) is 36.7 Å². The summed E-state index contributed by atoms with van der Waals surface area (Å²) in [4.78, 5) is 46.0. The number of hydrogen-bond acceptors (Lipinski definition) is 10. The fourth-order valence-electron chi connectivity index (χ4n) is 6.36. The molecule has 4 aromatic rings. The predicted molar refractivity (Wildman–Crippen MR) is 190 cm³/mol. The average molecular weight is 694 g/mol. The van der Waals surface area contributed by atoms with E-state index in [9.17, 15) is 9.59 Å². The Kier molecular flexibility index (Phi) is 11.8. The minimum Gasteiger partial charge on any atom is -0.338 e. The maximum Gasteiger partial charge on any atom is 0.251 e. The molecule has 1 atom stereocenters. The molecule has 12 nitrogen and oxygen atoms in total. The Morgan fingerprint density at radius 2 is 1.65 bits per heavy atom. The number of likely N-dealkylation sites (N-methyl/N-ethyl adjacent to an activating group) is 1. The van der Waals surface area contributed by atoms with E-state index in [1.165, 1.54) is 4.90 Å². The number of aromatic nitrogens is 5. The zero-order valence-electron chi connectivity index (χ0n) is 27.0. The van der Waals surface area contributed by atoms with E-state index in [0.717, 1.165) is 67.2 Å². The third-order valence-electron chi connectivity index (χ3n) is 9.29. The van der Waals surface area contributed by atoms with E-state index in [1.54, 1.807) is 24.3 Å². The summed E-state index contributed by atoms with van der Waals surface area (Å²) < 4.78 is 0. The molecule has 1 aliphatic carbocycles. The molecule has 3 heterocycles. The first-order chi connectivity index (χ1) is 22.8. The highest BCUT2D eigenvalue weighted by Gasteiger charge is 2.35. The van der Waals surface area contributed by atoms with Gasteiger partial charge in [-0.1, -0.05) is 24.3 Å². The Morgan fingerprint density at radius 3 is 2.27 bits per heavy atom. The van der Waals surface area contributed by atoms with Crippen molar-refractivity contribution in [1.82, 2.24) is 30.0 Å². The Labute approximate surface area is 291 Å². The summed E-state index contributed by atoms with van der Waals surface area (Å²) in [5.41, 5.74) is 16.3. The Morgan fingerprint density at radius 1 is 0.958 bits per heavy atom. The molecule has 5 N–H and O–H groups in total. The van der Waals surface area contributed by atoms with Gasteiger partial charge in [-0.2, -0.15) is 0 Å². The molecule has 6 rings (SSSR count). The van der Waals surface area contributed by atoms with Crippen molar-refractivity contribution in [3.63, 3.8) is 0 Å². The Hall–Kier alpha value is -3.94. The number of piperazine rings is 1. The lowest BCUT2D eigenvalue weighted by Gasteiger charge is -2.32. The third kappa shape index (κ3) is 8.19. The van der Waals surface area contributed by atoms with Gasteiger partial charge in [0, 0.05) is 55.6 Å². The van der Waals surface area contributed by atoms with Crippen molar-refractivity contribution >= 4 is 47.5 Å². The summed E-state index contributed by atoms with van der Waals surface area (Å²) in [5.74, 6) is 0.656. The molecule has 1 saturated carbocycles. The number of carbonyl (C=O) groups is 2. The fourth-order valence-corrected chi connectivity index (χ4v) is 6.48. The maximum atomic E-state index is 14.1. The van der Waals surface area contributed by atoms with Crippen LogP contribution < -0.4 is 21.3 Å². The van der Waals surface area contributed by atoms with Gasteiger partial charge in [-0.25, -0.2) is 14.9 Å². The minimum absolute atomic E-state index is 0. The second kappa shape index (κ2) is 16.0. The number of nitrogens with two attached hydrogens (primary N) is 2. The maximum absolute atomic E-state index is 14.1. The first kappa shape index (κ1) is 35.4. The van der Waals surface area contributed by atoms with Crippen molar-refractivity contribution in [2.45, 2.75) is 38.1 Å². The molecule has 2 aromatic heterocycles. The second-order valence-corrected chi connectivity index (χ2v) is 12.9. The normalized spacial score (nSPS) is 19.0. The molecule has 0 spiro atoms. The standard InChI is InChI=1S/C34H41ClN10O2.ClH/c1-43-13-15-44(16-14-43)34-38-20-27(21-39-34)26-4-2-3-23(17-26)18-29(37)32(47)45(31(46)25-7-5-22(19-36)6-8-25)28-11-9-24(10-12-28)30-40-33(35)42-41-30;/h2-4,9-12,17,20-22,25,29H,5-8,13-16,18-19,36-37H2,1H3,(H,40,41,42);1H/t22-,25-,29-;/m0./s1. The Bertz CT molecular complexity index is 1670. The summed E-state index contributed by atoms with van der Waals surface area (Å²) in [5, 5.41) is 8.00. The smallest absolute Gasteiger partial charge is 0.251 e. The summed E-state index contributed by atoms with van der Waals surface area (Å²) in [6, 6.07) is 13.9. The van der Waals surface area contributed by atoms with Crippen LogP contribution in [0.2, 0.25) is 5.28 Å². The number of anilines is 2. The van der Waals surface area contributed by atoms with Crippen LogP contribution in [0.1, 0.15) is 31.2 Å². The number of rotatable bonds is 9. The number of nitrogens with zero attached hydrogens (tertiary/aromatic N) is 7. The van der Waals surface area contributed by atoms with Crippen molar-refractivity contribution in [1.29, 1.82) is 0 Å². The van der Waals surface area contributed by atoms with Crippen LogP contribution in [0.15, 0.2) is 60.9 Å². The van der Waals surface area contributed by atoms with Crippen LogP contribution in [-0.2, 0) is 16.0 Å². The summed E-state index contributed by atoms with van der Waals surface area (Å²) in [6.45, 7) is 4.35. The van der Waals surface area contributed by atoms with Crippen LogP contribution in [0, 0.1) is 11.8 Å². The quantitative estimate of drug-likeness (QED) is 0.234. The van der Waals surface area contributed by atoms with Crippen molar-refractivity contribution in [2.75, 3.05) is 49.6 Å². The largest absolute Gasteiger partial charge is 0.338 e. The molecule has 2 fully saturated rings. The minimum atomic E-state index is -0.946. The van der Waals surface area contributed by atoms with Gasteiger partial charge in [0.15, 0.2) is 5.82 Å². The van der Waals surface area contributed by atoms with E-state index >= 15 is 0 Å². The van der Waals surface area contributed by atoms with Crippen molar-refractivity contribution in [2.24, 2.45) is 23.3 Å². The average Bonchev–Trinajstić information content (AvgIpc) is 3.55. The number of nitrogens with one attached hydrogen (secondary N) is 1. The second-order valence-electron chi connectivity index (χ2n) is 12.5. The number of H-pyrrole nitrogens is 1. The van der Waals surface area contributed by atoms with E-state index in [0.29, 0.717) is 36.8 Å². The van der Waals surface area contributed by atoms with Crippen LogP contribution in [-0.4, -0.2) is 87.7 Å². The van der Waals surface area contributed by atoms with Gasteiger partial charge in [0.1, 0.15) is 0 Å². The first-order valence-corrected chi connectivity index (χ1v) is 16.5. The number of benzene rings is 2. The van der Waals surface area contributed by atoms with Crippen LogP contribution in [0.4, 0.5) is 11.6 Å². The summed E-state index contributed by atoms with van der Waals surface area (Å²) in [7, 11) is 2.12. The zero-order chi connectivity index (χ0) is 32.9. The van der Waals surface area contributed by atoms with Gasteiger partial charge in [-0.3, -0.25) is 9.59 Å². The number of amides is 2. The van der Waals surface area contributed by atoms with Gasteiger partial charge in [0.2, 0.25) is 17.1 Å². The highest BCUT2D eigenvalue weighted by molar-refractivity contribution is 6.28. The van der Waals surface area contributed by atoms with Gasteiger partial charge in [0.05, 0.1) is 11.7 Å². The molecule has 48 heavy (non-hydrogen) atoms. The van der Waals surface area contributed by atoms with Crippen molar-refractivity contribution in [3.05, 3.63) is 71.8 Å². The molecule has 2 aromatic carbocycles. The van der Waals surface area contributed by atoms with Crippen LogP contribution in [0.3, 0.4) is 0 Å². The Balaban J connectivity index is 0.00000451. The topological polar surface area (TPSA) is 163 Å². The van der Waals surface area contributed by atoms with Gasteiger partial charge in [-0.15, -0.1) is 22.6 Å². The molecule has 1 saturated heterocycles. The number of carbonyl (C=O) groups excluding carboxylic acids is 2. The van der Waals surface area contributed by atoms with Gasteiger partial charge < -0.3 is 26.3 Å². The molecule has 0 unspecified atom stereocenters. The number of imide groups is 1. The third-order valence-corrected chi connectivity index (χ3v) is 9.46. The number of hydrogen-bond donors (Lipinski definition) is 3. The summed E-state index contributed by atoms with van der Waals surface area (Å²) in [6.07, 6.45) is 7.02. The lowest BCUT2D eigenvalue weighted by molar-refractivity contribution is -0.130. The molecular weight excluding hydrogens is 651 g/mol. The molecule has 0 radical (unpaired) electrons. The van der Waals surface area contributed by atoms with Crippen LogP contribution in [0.5, 0.6) is 0 Å². The summed E-state index contributed by atoms with van der Waals surface area (Å²) >= 11 is 5.91. The molecule has 2 aliphatic rings. The van der Waals surface area contributed by atoms with Gasteiger partial charge in [-0.05, 0) is 98.6 Å². The monoisotopic (exact) mass is 692 g/mol. The molecule has 0 bridgehead atoms. The molecule has 2 amide bonds. The number of halogens is 2. The van der Waals surface area contributed by atoms with Gasteiger partial charge in [0.25, 0.3) is 5.91 Å². The van der Waals surface area contributed by atoms with E-state index in [4.69, 9.17) is 23.1 Å². The van der Waals surface area contributed by atoms with E-state index in [-0.39, 0.29) is 35.9 Å². The van der Waals surface area contributed by atoms with Crippen molar-refractivity contribution < 1.29 is 9.59 Å².